The van der Waals surface area contributed by atoms with Crippen LogP contribution in [-0.2, 0) is 7.05 Å². The number of piperidine rings is 1. The highest BCUT2D eigenvalue weighted by atomic mass is 32.2. The summed E-state index contributed by atoms with van der Waals surface area (Å²) in [6, 6.07) is 1.93. The Bertz CT molecular complexity index is 664. The number of rotatable bonds is 3. The average Bonchev–Trinajstić information content (AvgIpc) is 2.90. The molecule has 1 saturated heterocycles. The number of nitrogens with zero attached hydrogens (tertiary/aromatic N) is 3. The molecule has 0 unspecified atom stereocenters. The van der Waals surface area contributed by atoms with Gasteiger partial charge in [0.2, 0.25) is 0 Å². The maximum Gasteiger partial charge on any atom is 0.271 e. The molecule has 1 aliphatic rings. The minimum Gasteiger partial charge on any atom is -0.306 e. The third-order valence-corrected chi connectivity index (χ3v) is 5.97. The molecule has 1 atom stereocenters. The zero-order valence-electron chi connectivity index (χ0n) is 11.8. The summed E-state index contributed by atoms with van der Waals surface area (Å²) in [5.41, 5.74) is 0.912. The molecule has 6 heteroatoms. The Morgan fingerprint density at radius 3 is 3.15 bits per heavy atom. The summed E-state index contributed by atoms with van der Waals surface area (Å²) < 4.78 is 2.45. The Balaban J connectivity index is 1.77. The van der Waals surface area contributed by atoms with Crippen molar-refractivity contribution in [1.82, 2.24) is 14.5 Å². The van der Waals surface area contributed by atoms with E-state index in [1.165, 1.54) is 30.7 Å². The molecule has 3 heterocycles. The van der Waals surface area contributed by atoms with Crippen LogP contribution in [0.4, 0.5) is 0 Å². The van der Waals surface area contributed by atoms with Gasteiger partial charge in [0.1, 0.15) is 4.70 Å². The van der Waals surface area contributed by atoms with Crippen molar-refractivity contribution < 1.29 is 0 Å². The zero-order valence-corrected chi connectivity index (χ0v) is 13.5. The highest BCUT2D eigenvalue weighted by molar-refractivity contribution is 7.99. The smallest absolute Gasteiger partial charge is 0.271 e. The third-order valence-electron chi connectivity index (χ3n) is 3.82. The molecule has 0 bridgehead atoms. The van der Waals surface area contributed by atoms with Crippen molar-refractivity contribution in [3.05, 3.63) is 21.8 Å². The van der Waals surface area contributed by atoms with Gasteiger partial charge in [-0.25, -0.2) is 4.98 Å². The van der Waals surface area contributed by atoms with E-state index in [0.717, 1.165) is 27.7 Å². The maximum absolute atomic E-state index is 12.2. The monoisotopic (exact) mass is 309 g/mol. The lowest BCUT2D eigenvalue weighted by atomic mass is 10.0. The van der Waals surface area contributed by atoms with Crippen LogP contribution in [0.25, 0.3) is 10.2 Å². The van der Waals surface area contributed by atoms with E-state index < -0.39 is 0 Å². The highest BCUT2D eigenvalue weighted by Crippen LogP contribution is 2.25. The van der Waals surface area contributed by atoms with Gasteiger partial charge in [0.05, 0.1) is 5.52 Å². The lowest BCUT2D eigenvalue weighted by molar-refractivity contribution is 0.224. The van der Waals surface area contributed by atoms with Crippen LogP contribution in [0.5, 0.6) is 0 Å². The molecule has 1 fully saturated rings. The van der Waals surface area contributed by atoms with E-state index in [2.05, 4.69) is 16.9 Å². The molecule has 1 aliphatic heterocycles. The fourth-order valence-corrected chi connectivity index (χ4v) is 4.60. The van der Waals surface area contributed by atoms with E-state index in [-0.39, 0.29) is 5.56 Å². The normalized spacial score (nSPS) is 20.6. The fourth-order valence-electron chi connectivity index (χ4n) is 2.70. The number of likely N-dealkylation sites (tertiary alicyclic amines) is 1. The standard InChI is InChI=1S/C14H19N3OS2/c1-16-6-3-4-10(8-16)9-20-14-15-11-5-7-19-12(11)13(18)17(14)2/h5,7,10H,3-4,6,8-9H2,1-2H3/t10-/m0/s1. The first-order valence-corrected chi connectivity index (χ1v) is 8.77. The number of hydrogen-bond donors (Lipinski definition) is 0. The summed E-state index contributed by atoms with van der Waals surface area (Å²) >= 11 is 3.19. The van der Waals surface area contributed by atoms with Gasteiger partial charge in [-0.2, -0.15) is 0 Å². The first kappa shape index (κ1) is 14.1. The molecule has 2 aromatic heterocycles. The lowest BCUT2D eigenvalue weighted by Crippen LogP contribution is -2.33. The van der Waals surface area contributed by atoms with Crippen LogP contribution in [0.1, 0.15) is 12.8 Å². The van der Waals surface area contributed by atoms with Crippen molar-refractivity contribution in [2.75, 3.05) is 25.9 Å². The molecule has 3 rings (SSSR count). The number of fused-ring (bicyclic) bond motifs is 1. The van der Waals surface area contributed by atoms with Crippen LogP contribution in [0.2, 0.25) is 0 Å². The van der Waals surface area contributed by atoms with Crippen molar-refractivity contribution in [3.8, 4) is 0 Å². The van der Waals surface area contributed by atoms with E-state index in [1.807, 2.05) is 18.5 Å². The van der Waals surface area contributed by atoms with Crippen LogP contribution in [0.15, 0.2) is 21.4 Å². The number of aromatic nitrogens is 2. The Kier molecular flexibility index (Phi) is 4.14. The van der Waals surface area contributed by atoms with Crippen molar-refractivity contribution >= 4 is 33.3 Å². The minimum atomic E-state index is 0.0771. The molecule has 0 radical (unpaired) electrons. The van der Waals surface area contributed by atoms with E-state index in [0.29, 0.717) is 5.92 Å². The second-order valence-corrected chi connectivity index (χ2v) is 7.38. The van der Waals surface area contributed by atoms with Crippen molar-refractivity contribution in [2.45, 2.75) is 18.0 Å². The minimum absolute atomic E-state index is 0.0771. The van der Waals surface area contributed by atoms with Crippen molar-refractivity contribution in [3.63, 3.8) is 0 Å². The predicted molar refractivity (Wildman–Crippen MR) is 85.8 cm³/mol. The first-order chi connectivity index (χ1) is 9.65. The van der Waals surface area contributed by atoms with Gasteiger partial charge in [0.15, 0.2) is 5.16 Å². The van der Waals surface area contributed by atoms with Crippen molar-refractivity contribution in [1.29, 1.82) is 0 Å². The summed E-state index contributed by atoms with van der Waals surface area (Å²) in [4.78, 5) is 19.2. The number of hydrogen-bond acceptors (Lipinski definition) is 5. The zero-order chi connectivity index (χ0) is 14.1. The third kappa shape index (κ3) is 2.77. The lowest BCUT2D eigenvalue weighted by Gasteiger charge is -2.29. The summed E-state index contributed by atoms with van der Waals surface area (Å²) in [5, 5.41) is 2.78. The molecule has 108 valence electrons. The summed E-state index contributed by atoms with van der Waals surface area (Å²) in [6.07, 6.45) is 2.56. The Morgan fingerprint density at radius 1 is 1.50 bits per heavy atom. The maximum atomic E-state index is 12.2. The van der Waals surface area contributed by atoms with Gasteiger partial charge in [-0.15, -0.1) is 11.3 Å². The van der Waals surface area contributed by atoms with Crippen LogP contribution in [0.3, 0.4) is 0 Å². The van der Waals surface area contributed by atoms with Gasteiger partial charge < -0.3 is 4.90 Å². The number of thioether (sulfide) groups is 1. The van der Waals surface area contributed by atoms with Gasteiger partial charge in [0, 0.05) is 19.3 Å². The van der Waals surface area contributed by atoms with Crippen LogP contribution < -0.4 is 5.56 Å². The van der Waals surface area contributed by atoms with Gasteiger partial charge in [-0.3, -0.25) is 9.36 Å². The molecular weight excluding hydrogens is 290 g/mol. The largest absolute Gasteiger partial charge is 0.306 e. The van der Waals surface area contributed by atoms with Crippen LogP contribution in [0, 0.1) is 5.92 Å². The second-order valence-electron chi connectivity index (χ2n) is 5.48. The Labute approximate surface area is 126 Å². The van der Waals surface area contributed by atoms with Crippen LogP contribution in [-0.4, -0.2) is 40.3 Å². The van der Waals surface area contributed by atoms with Gasteiger partial charge >= 0.3 is 0 Å². The number of thiophene rings is 1. The quantitative estimate of drug-likeness (QED) is 0.645. The van der Waals surface area contributed by atoms with Crippen molar-refractivity contribution in [2.24, 2.45) is 13.0 Å². The molecule has 0 spiro atoms. The van der Waals surface area contributed by atoms with Gasteiger partial charge in [0.25, 0.3) is 5.56 Å². The van der Waals surface area contributed by atoms with E-state index in [4.69, 9.17) is 0 Å². The second kappa shape index (κ2) is 5.87. The molecule has 0 aliphatic carbocycles. The topological polar surface area (TPSA) is 38.1 Å². The van der Waals surface area contributed by atoms with Crippen LogP contribution >= 0.6 is 23.1 Å². The highest BCUT2D eigenvalue weighted by Gasteiger charge is 2.18. The molecule has 0 saturated carbocycles. The Morgan fingerprint density at radius 2 is 2.35 bits per heavy atom. The molecule has 2 aromatic rings. The molecule has 4 nitrogen and oxygen atoms in total. The molecule has 0 aromatic carbocycles. The molecule has 20 heavy (non-hydrogen) atoms. The summed E-state index contributed by atoms with van der Waals surface area (Å²) in [7, 11) is 4.01. The summed E-state index contributed by atoms with van der Waals surface area (Å²) in [6.45, 7) is 2.36. The van der Waals surface area contributed by atoms with Gasteiger partial charge in [-0.05, 0) is 43.8 Å². The predicted octanol–water partition coefficient (Wildman–Crippen LogP) is 2.43. The average molecular weight is 309 g/mol. The molecule has 0 N–H and O–H groups in total. The van der Waals surface area contributed by atoms with E-state index >= 15 is 0 Å². The Hall–Kier alpha value is -0.850. The molecular formula is C14H19N3OS2. The SMILES string of the molecule is CN1CCC[C@H](CSc2nc3ccsc3c(=O)n2C)C1. The summed E-state index contributed by atoms with van der Waals surface area (Å²) in [5.74, 6) is 1.74. The molecule has 0 amide bonds. The fraction of sp³-hybridized carbons (Fsp3) is 0.571. The first-order valence-electron chi connectivity index (χ1n) is 6.90. The van der Waals surface area contributed by atoms with Gasteiger partial charge in [-0.1, -0.05) is 11.8 Å². The van der Waals surface area contributed by atoms with E-state index in [1.54, 1.807) is 16.3 Å². The van der Waals surface area contributed by atoms with E-state index in [9.17, 15) is 4.79 Å².